The standard InChI is InChI=1S/C22H17N3O2S/c1-13-8-9-16-15(11-13)22(21(26)23-16)25-18(14-5-2-3-6-19(14)27-22)12-17(24-25)20-7-4-10-28-20/h2-11,18H,12H2,1H3,(H,23,26). The average Bonchev–Trinajstić information content (AvgIpc) is 3.42. The highest BCUT2D eigenvalue weighted by Gasteiger charge is 2.60. The smallest absolute Gasteiger partial charge is 0.306 e. The van der Waals surface area contributed by atoms with Crippen LogP contribution in [-0.4, -0.2) is 16.6 Å². The Morgan fingerprint density at radius 2 is 2.11 bits per heavy atom. The van der Waals surface area contributed by atoms with Crippen molar-refractivity contribution in [3.8, 4) is 5.75 Å². The number of ether oxygens (including phenoxy) is 1. The summed E-state index contributed by atoms with van der Waals surface area (Å²) in [7, 11) is 0. The number of amides is 1. The first-order valence-corrected chi connectivity index (χ1v) is 10.2. The molecule has 138 valence electrons. The summed E-state index contributed by atoms with van der Waals surface area (Å²) in [5, 5.41) is 11.9. The van der Waals surface area contributed by atoms with Crippen LogP contribution in [0.5, 0.6) is 5.75 Å². The Morgan fingerprint density at radius 1 is 1.21 bits per heavy atom. The Hall–Kier alpha value is -3.12. The highest BCUT2D eigenvalue weighted by atomic mass is 32.1. The largest absolute Gasteiger partial charge is 0.453 e. The number of aryl methyl sites for hydroxylation is 1. The first-order chi connectivity index (χ1) is 13.7. The van der Waals surface area contributed by atoms with E-state index in [0.717, 1.165) is 45.1 Å². The maximum atomic E-state index is 13.3. The van der Waals surface area contributed by atoms with E-state index in [4.69, 9.17) is 9.84 Å². The minimum Gasteiger partial charge on any atom is -0.453 e. The molecule has 0 bridgehead atoms. The van der Waals surface area contributed by atoms with E-state index in [9.17, 15) is 4.79 Å². The number of hydrogen-bond acceptors (Lipinski definition) is 5. The molecule has 6 heteroatoms. The first kappa shape index (κ1) is 15.9. The summed E-state index contributed by atoms with van der Waals surface area (Å²) < 4.78 is 6.46. The van der Waals surface area contributed by atoms with Crippen molar-refractivity contribution in [3.05, 3.63) is 81.5 Å². The van der Waals surface area contributed by atoms with E-state index < -0.39 is 5.72 Å². The Labute approximate surface area is 166 Å². The average molecular weight is 387 g/mol. The molecule has 6 rings (SSSR count). The molecule has 3 aliphatic rings. The molecular formula is C22H17N3O2S. The number of carbonyl (C=O) groups is 1. The number of nitrogens with one attached hydrogen (secondary N) is 1. The summed E-state index contributed by atoms with van der Waals surface area (Å²) >= 11 is 1.67. The van der Waals surface area contributed by atoms with Gasteiger partial charge in [-0.05, 0) is 36.6 Å². The Morgan fingerprint density at radius 3 is 2.96 bits per heavy atom. The second kappa shape index (κ2) is 5.45. The molecule has 0 saturated heterocycles. The van der Waals surface area contributed by atoms with Crippen LogP contribution in [0.2, 0.25) is 0 Å². The second-order valence-electron chi connectivity index (χ2n) is 7.38. The van der Waals surface area contributed by atoms with Gasteiger partial charge in [0.1, 0.15) is 5.75 Å². The zero-order valence-corrected chi connectivity index (χ0v) is 16.0. The third-order valence-electron chi connectivity index (χ3n) is 5.67. The fourth-order valence-electron chi connectivity index (χ4n) is 4.39. The molecule has 1 N–H and O–H groups in total. The van der Waals surface area contributed by atoms with Crippen LogP contribution in [0.3, 0.4) is 0 Å². The summed E-state index contributed by atoms with van der Waals surface area (Å²) in [5.41, 5.74) is 3.47. The molecular weight excluding hydrogens is 370 g/mol. The number of anilines is 1. The molecule has 2 aromatic carbocycles. The number of hydrazone groups is 1. The van der Waals surface area contributed by atoms with E-state index in [0.29, 0.717) is 0 Å². The SMILES string of the molecule is Cc1ccc2c(c1)C1(Oc3ccccc3C3CC(c4cccs4)=NN31)C(=O)N2. The lowest BCUT2D eigenvalue weighted by atomic mass is 9.92. The Kier molecular flexibility index (Phi) is 3.09. The third kappa shape index (κ3) is 1.95. The lowest BCUT2D eigenvalue weighted by Gasteiger charge is -2.44. The van der Waals surface area contributed by atoms with Gasteiger partial charge in [0.15, 0.2) is 0 Å². The van der Waals surface area contributed by atoms with Gasteiger partial charge in [0, 0.05) is 12.0 Å². The summed E-state index contributed by atoms with van der Waals surface area (Å²) in [5.74, 6) is 0.555. The minimum absolute atomic E-state index is 0.0423. The Bertz CT molecular complexity index is 1150. The minimum atomic E-state index is -1.28. The van der Waals surface area contributed by atoms with Crippen molar-refractivity contribution in [1.29, 1.82) is 0 Å². The molecule has 0 aliphatic carbocycles. The molecule has 0 fully saturated rings. The van der Waals surface area contributed by atoms with Gasteiger partial charge in [0.2, 0.25) is 0 Å². The van der Waals surface area contributed by atoms with Gasteiger partial charge in [-0.2, -0.15) is 5.10 Å². The number of thiophene rings is 1. The molecule has 28 heavy (non-hydrogen) atoms. The summed E-state index contributed by atoms with van der Waals surface area (Å²) in [6, 6.07) is 18.0. The van der Waals surface area contributed by atoms with Crippen molar-refractivity contribution in [1.82, 2.24) is 5.01 Å². The normalized spacial score (nSPS) is 24.3. The molecule has 0 radical (unpaired) electrons. The van der Waals surface area contributed by atoms with Gasteiger partial charge in [-0.1, -0.05) is 35.9 Å². The third-order valence-corrected chi connectivity index (χ3v) is 6.59. The number of para-hydroxylation sites is 1. The molecule has 2 unspecified atom stereocenters. The molecule has 5 nitrogen and oxygen atoms in total. The second-order valence-corrected chi connectivity index (χ2v) is 8.32. The van der Waals surface area contributed by atoms with Crippen molar-refractivity contribution in [2.75, 3.05) is 5.32 Å². The van der Waals surface area contributed by atoms with Gasteiger partial charge in [0.25, 0.3) is 5.91 Å². The van der Waals surface area contributed by atoms with Gasteiger partial charge in [-0.3, -0.25) is 4.79 Å². The zero-order chi connectivity index (χ0) is 18.9. The van der Waals surface area contributed by atoms with E-state index in [-0.39, 0.29) is 11.9 Å². The molecule has 3 aliphatic heterocycles. The van der Waals surface area contributed by atoms with Crippen LogP contribution in [0.15, 0.2) is 65.1 Å². The topological polar surface area (TPSA) is 53.9 Å². The van der Waals surface area contributed by atoms with E-state index in [1.807, 2.05) is 54.4 Å². The highest BCUT2D eigenvalue weighted by Crippen LogP contribution is 2.54. The van der Waals surface area contributed by atoms with E-state index in [1.165, 1.54) is 0 Å². The predicted molar refractivity (Wildman–Crippen MR) is 109 cm³/mol. The van der Waals surface area contributed by atoms with Crippen molar-refractivity contribution in [2.24, 2.45) is 5.10 Å². The molecule has 1 spiro atoms. The van der Waals surface area contributed by atoms with E-state index in [2.05, 4.69) is 22.8 Å². The molecule has 3 aromatic rings. The lowest BCUT2D eigenvalue weighted by molar-refractivity contribution is -0.161. The number of benzene rings is 2. The zero-order valence-electron chi connectivity index (χ0n) is 15.2. The fourth-order valence-corrected chi connectivity index (χ4v) is 5.12. The molecule has 0 saturated carbocycles. The van der Waals surface area contributed by atoms with Crippen LogP contribution in [0, 0.1) is 6.92 Å². The lowest BCUT2D eigenvalue weighted by Crippen LogP contribution is -2.55. The van der Waals surface area contributed by atoms with Crippen molar-refractivity contribution >= 4 is 28.6 Å². The van der Waals surface area contributed by atoms with E-state index >= 15 is 0 Å². The number of nitrogens with zero attached hydrogens (tertiary/aromatic N) is 2. The quantitative estimate of drug-likeness (QED) is 0.673. The molecule has 1 amide bonds. The van der Waals surface area contributed by atoms with Gasteiger partial charge >= 0.3 is 5.72 Å². The van der Waals surface area contributed by atoms with Crippen LogP contribution in [0.4, 0.5) is 5.69 Å². The van der Waals surface area contributed by atoms with Gasteiger partial charge in [-0.15, -0.1) is 11.3 Å². The van der Waals surface area contributed by atoms with Crippen molar-refractivity contribution < 1.29 is 9.53 Å². The maximum absolute atomic E-state index is 13.3. The molecule has 1 aromatic heterocycles. The summed E-state index contributed by atoms with van der Waals surface area (Å²) in [6.45, 7) is 2.02. The van der Waals surface area contributed by atoms with Gasteiger partial charge in [0.05, 0.1) is 27.9 Å². The van der Waals surface area contributed by atoms with Crippen LogP contribution < -0.4 is 10.1 Å². The first-order valence-electron chi connectivity index (χ1n) is 9.28. The summed E-state index contributed by atoms with van der Waals surface area (Å²) in [4.78, 5) is 14.5. The fraction of sp³-hybridized carbons (Fsp3) is 0.182. The molecule has 2 atom stereocenters. The maximum Gasteiger partial charge on any atom is 0.306 e. The van der Waals surface area contributed by atoms with Crippen LogP contribution in [0.1, 0.15) is 34.0 Å². The number of fused-ring (bicyclic) bond motifs is 6. The number of rotatable bonds is 1. The predicted octanol–water partition coefficient (Wildman–Crippen LogP) is 4.41. The Balaban J connectivity index is 1.60. The van der Waals surface area contributed by atoms with Crippen molar-refractivity contribution in [2.45, 2.75) is 25.1 Å². The van der Waals surface area contributed by atoms with E-state index in [1.54, 1.807) is 11.3 Å². The van der Waals surface area contributed by atoms with Gasteiger partial charge < -0.3 is 10.1 Å². The van der Waals surface area contributed by atoms with Crippen LogP contribution in [-0.2, 0) is 10.5 Å². The number of hydrogen-bond donors (Lipinski definition) is 1. The summed E-state index contributed by atoms with van der Waals surface area (Å²) in [6.07, 6.45) is 0.747. The van der Waals surface area contributed by atoms with Crippen LogP contribution >= 0.6 is 11.3 Å². The number of carbonyl (C=O) groups excluding carboxylic acids is 1. The van der Waals surface area contributed by atoms with Crippen LogP contribution in [0.25, 0.3) is 0 Å². The van der Waals surface area contributed by atoms with Gasteiger partial charge in [-0.25, -0.2) is 5.01 Å². The highest BCUT2D eigenvalue weighted by molar-refractivity contribution is 7.12. The van der Waals surface area contributed by atoms with Crippen molar-refractivity contribution in [3.63, 3.8) is 0 Å². The molecule has 4 heterocycles. The monoisotopic (exact) mass is 387 g/mol.